The minimum atomic E-state index is 0.738. The van der Waals surface area contributed by atoms with Crippen LogP contribution in [0.4, 0.5) is 5.82 Å². The molecule has 0 bridgehead atoms. The lowest BCUT2D eigenvalue weighted by Gasteiger charge is -2.21. The zero-order chi connectivity index (χ0) is 22.8. The number of pyridine rings is 1. The van der Waals surface area contributed by atoms with Crippen LogP contribution in [0.2, 0.25) is 0 Å². The second-order valence-corrected chi connectivity index (χ2v) is 9.45. The van der Waals surface area contributed by atoms with Crippen LogP contribution in [0.25, 0.3) is 21.6 Å². The summed E-state index contributed by atoms with van der Waals surface area (Å²) < 4.78 is 10.9. The zero-order valence-corrected chi connectivity index (χ0v) is 20.1. The van der Waals surface area contributed by atoms with E-state index in [4.69, 9.17) is 19.4 Å². The topological polar surface area (TPSA) is 60.4 Å². The van der Waals surface area contributed by atoms with E-state index in [2.05, 4.69) is 29.1 Å². The van der Waals surface area contributed by atoms with Gasteiger partial charge in [-0.25, -0.2) is 9.97 Å². The Morgan fingerprint density at radius 2 is 1.88 bits per heavy atom. The molecular weight excluding hydrogens is 432 g/mol. The first-order valence-corrected chi connectivity index (χ1v) is 12.1. The first-order valence-electron chi connectivity index (χ1n) is 11.3. The minimum Gasteiger partial charge on any atom is -0.493 e. The van der Waals surface area contributed by atoms with Crippen LogP contribution in [0.15, 0.2) is 42.7 Å². The van der Waals surface area contributed by atoms with Crippen molar-refractivity contribution < 1.29 is 9.47 Å². The highest BCUT2D eigenvalue weighted by molar-refractivity contribution is 7.19. The molecule has 0 atom stereocenters. The van der Waals surface area contributed by atoms with Crippen LogP contribution >= 0.6 is 11.3 Å². The van der Waals surface area contributed by atoms with Crippen LogP contribution in [-0.4, -0.2) is 42.8 Å². The van der Waals surface area contributed by atoms with Gasteiger partial charge in [0, 0.05) is 36.4 Å². The molecule has 0 aliphatic heterocycles. The van der Waals surface area contributed by atoms with E-state index in [-0.39, 0.29) is 0 Å². The molecule has 0 saturated carbocycles. The quantitative estimate of drug-likeness (QED) is 0.372. The van der Waals surface area contributed by atoms with E-state index < -0.39 is 0 Å². The van der Waals surface area contributed by atoms with Gasteiger partial charge in [0.2, 0.25) is 0 Å². The normalized spacial score (nSPS) is 13.1. The number of anilines is 1. The largest absolute Gasteiger partial charge is 0.493 e. The third-order valence-electron chi connectivity index (χ3n) is 6.26. The molecule has 7 heteroatoms. The van der Waals surface area contributed by atoms with E-state index in [1.54, 1.807) is 20.4 Å². The monoisotopic (exact) mass is 460 g/mol. The Kier molecular flexibility index (Phi) is 6.13. The second-order valence-electron chi connectivity index (χ2n) is 8.36. The van der Waals surface area contributed by atoms with Gasteiger partial charge in [0.05, 0.1) is 19.6 Å². The Morgan fingerprint density at radius 3 is 2.67 bits per heavy atom. The average Bonchev–Trinajstić information content (AvgIpc) is 3.25. The van der Waals surface area contributed by atoms with Gasteiger partial charge in [-0.3, -0.25) is 4.98 Å². The summed E-state index contributed by atoms with van der Waals surface area (Å²) in [5, 5.41) is 1.23. The van der Waals surface area contributed by atoms with Crippen LogP contribution in [0.3, 0.4) is 0 Å². The molecule has 3 aromatic heterocycles. The van der Waals surface area contributed by atoms with Crippen molar-refractivity contribution in [1.82, 2.24) is 15.0 Å². The molecule has 0 spiro atoms. The first kappa shape index (κ1) is 21.6. The molecule has 6 nitrogen and oxygen atoms in total. The van der Waals surface area contributed by atoms with Gasteiger partial charge in [-0.05, 0) is 67.5 Å². The summed E-state index contributed by atoms with van der Waals surface area (Å²) >= 11 is 1.84. The maximum atomic E-state index is 5.48. The Morgan fingerprint density at radius 1 is 1.03 bits per heavy atom. The van der Waals surface area contributed by atoms with E-state index in [0.717, 1.165) is 59.3 Å². The summed E-state index contributed by atoms with van der Waals surface area (Å²) in [6, 6.07) is 10.1. The molecule has 33 heavy (non-hydrogen) atoms. The van der Waals surface area contributed by atoms with Gasteiger partial charge in [0.25, 0.3) is 0 Å². The molecule has 0 amide bonds. The zero-order valence-electron chi connectivity index (χ0n) is 19.3. The molecule has 5 rings (SSSR count). The number of likely N-dealkylation sites (N-methyl/N-ethyl adjacent to an activating group) is 1. The molecule has 170 valence electrons. The predicted molar refractivity (Wildman–Crippen MR) is 134 cm³/mol. The summed E-state index contributed by atoms with van der Waals surface area (Å²) in [6.45, 7) is 0.832. The lowest BCUT2D eigenvalue weighted by atomic mass is 9.97. The van der Waals surface area contributed by atoms with Gasteiger partial charge in [-0.1, -0.05) is 6.07 Å². The molecule has 0 fully saturated rings. The fourth-order valence-electron chi connectivity index (χ4n) is 4.48. The molecule has 0 N–H and O–H groups in total. The smallest absolute Gasteiger partial charge is 0.164 e. The van der Waals surface area contributed by atoms with E-state index in [9.17, 15) is 0 Å². The standard InChI is InChI=1S/C26H28N4O2S/c1-30(14-12-17-10-11-20(31-2)21(15-17)32-3)25-23-19-8-4-5-9-22(19)33-26(23)29-24(28-25)18-7-6-13-27-16-18/h6-7,10-11,13,15-16H,4-5,8-9,12,14H2,1-3H3. The van der Waals surface area contributed by atoms with Gasteiger partial charge in [0.15, 0.2) is 17.3 Å². The van der Waals surface area contributed by atoms with Crippen molar-refractivity contribution in [3.63, 3.8) is 0 Å². The van der Waals surface area contributed by atoms with Gasteiger partial charge >= 0.3 is 0 Å². The molecule has 0 saturated heterocycles. The van der Waals surface area contributed by atoms with Crippen molar-refractivity contribution in [3.05, 3.63) is 58.7 Å². The molecule has 1 aromatic carbocycles. The fraction of sp³-hybridized carbons (Fsp3) is 0.346. The van der Waals surface area contributed by atoms with E-state index >= 15 is 0 Å². The molecule has 0 radical (unpaired) electrons. The number of aryl methyl sites for hydroxylation is 2. The van der Waals surface area contributed by atoms with Gasteiger partial charge in [-0.15, -0.1) is 11.3 Å². The highest BCUT2D eigenvalue weighted by Gasteiger charge is 2.23. The van der Waals surface area contributed by atoms with E-state index in [1.807, 2.05) is 35.7 Å². The molecule has 3 heterocycles. The highest BCUT2D eigenvalue weighted by Crippen LogP contribution is 2.40. The van der Waals surface area contributed by atoms with Crippen molar-refractivity contribution in [2.24, 2.45) is 0 Å². The van der Waals surface area contributed by atoms with Crippen molar-refractivity contribution >= 4 is 27.4 Å². The van der Waals surface area contributed by atoms with Gasteiger partial charge in [-0.2, -0.15) is 0 Å². The number of aromatic nitrogens is 3. The summed E-state index contributed by atoms with van der Waals surface area (Å²) in [5.74, 6) is 3.26. The Hall–Kier alpha value is -3.19. The number of fused-ring (bicyclic) bond motifs is 3. The number of nitrogens with zero attached hydrogens (tertiary/aromatic N) is 4. The van der Waals surface area contributed by atoms with E-state index in [1.165, 1.54) is 34.2 Å². The van der Waals surface area contributed by atoms with Crippen molar-refractivity contribution in [1.29, 1.82) is 0 Å². The fourth-order valence-corrected chi connectivity index (χ4v) is 5.73. The highest BCUT2D eigenvalue weighted by atomic mass is 32.1. The summed E-state index contributed by atoms with van der Waals surface area (Å²) in [6.07, 6.45) is 9.24. The number of ether oxygens (including phenoxy) is 2. The Bertz CT molecular complexity index is 1270. The number of rotatable bonds is 7. The molecule has 1 aliphatic rings. The lowest BCUT2D eigenvalue weighted by Crippen LogP contribution is -2.22. The maximum absolute atomic E-state index is 5.48. The van der Waals surface area contributed by atoms with Crippen LogP contribution in [0, 0.1) is 0 Å². The number of methoxy groups -OCH3 is 2. The van der Waals surface area contributed by atoms with Crippen molar-refractivity contribution in [2.45, 2.75) is 32.1 Å². The number of hydrogen-bond donors (Lipinski definition) is 0. The van der Waals surface area contributed by atoms with Crippen molar-refractivity contribution in [3.8, 4) is 22.9 Å². The molecule has 0 unspecified atom stereocenters. The number of benzene rings is 1. The number of hydrogen-bond acceptors (Lipinski definition) is 7. The third kappa shape index (κ3) is 4.25. The second kappa shape index (κ2) is 9.35. The molecule has 1 aliphatic carbocycles. The van der Waals surface area contributed by atoms with Gasteiger partial charge in [0.1, 0.15) is 10.6 Å². The van der Waals surface area contributed by atoms with Crippen molar-refractivity contribution in [2.75, 3.05) is 32.7 Å². The third-order valence-corrected chi connectivity index (χ3v) is 7.45. The lowest BCUT2D eigenvalue weighted by molar-refractivity contribution is 0.354. The van der Waals surface area contributed by atoms with Gasteiger partial charge < -0.3 is 14.4 Å². The summed E-state index contributed by atoms with van der Waals surface area (Å²) in [4.78, 5) is 19.1. The Balaban J connectivity index is 1.51. The Labute approximate surface area is 198 Å². The molecular formula is C26H28N4O2S. The summed E-state index contributed by atoms with van der Waals surface area (Å²) in [7, 11) is 5.46. The SMILES string of the molecule is COc1ccc(CCN(C)c2nc(-c3cccnc3)nc3sc4c(c23)CCCC4)cc1OC. The predicted octanol–water partition coefficient (Wildman–Crippen LogP) is 5.33. The maximum Gasteiger partial charge on any atom is 0.164 e. The first-order chi connectivity index (χ1) is 16.2. The molecule has 4 aromatic rings. The van der Waals surface area contributed by atoms with Crippen LogP contribution < -0.4 is 14.4 Å². The average molecular weight is 461 g/mol. The minimum absolute atomic E-state index is 0.738. The summed E-state index contributed by atoms with van der Waals surface area (Å²) in [5.41, 5.74) is 3.59. The van der Waals surface area contributed by atoms with Crippen LogP contribution in [-0.2, 0) is 19.3 Å². The van der Waals surface area contributed by atoms with Crippen LogP contribution in [0.5, 0.6) is 11.5 Å². The van der Waals surface area contributed by atoms with Crippen LogP contribution in [0.1, 0.15) is 28.8 Å². The number of thiophene rings is 1. The van der Waals surface area contributed by atoms with E-state index in [0.29, 0.717) is 0 Å².